The minimum absolute atomic E-state index is 0.0749. The highest BCUT2D eigenvalue weighted by molar-refractivity contribution is 7.92. The van der Waals surface area contributed by atoms with E-state index in [1.165, 1.54) is 18.5 Å². The number of ether oxygens (including phenoxy) is 1. The summed E-state index contributed by atoms with van der Waals surface area (Å²) < 4.78 is 30.7. The Hall–Kier alpha value is -1.66. The van der Waals surface area contributed by atoms with E-state index in [0.29, 0.717) is 5.82 Å². The monoisotopic (exact) mass is 294 g/mol. The second-order valence-electron chi connectivity index (χ2n) is 4.65. The summed E-state index contributed by atoms with van der Waals surface area (Å²) in [7, 11) is -0.444. The highest BCUT2D eigenvalue weighted by atomic mass is 32.2. The number of hydrogen-bond acceptors (Lipinski definition) is 4. The van der Waals surface area contributed by atoms with Crippen LogP contribution in [0.1, 0.15) is 6.92 Å². The smallest absolute Gasteiger partial charge is 0.238 e. The van der Waals surface area contributed by atoms with Crippen LogP contribution in [0, 0.1) is 0 Å². The molecule has 2 aromatic rings. The second kappa shape index (κ2) is 5.76. The number of sulfonamides is 1. The fraction of sp³-hybridized carbons (Fsp3) is 0.357. The molecular weight excluding hydrogens is 276 g/mol. The fourth-order valence-electron chi connectivity index (χ4n) is 1.85. The van der Waals surface area contributed by atoms with Gasteiger partial charge in [-0.3, -0.25) is 4.31 Å². The molecule has 0 aliphatic carbocycles. The van der Waals surface area contributed by atoms with Crippen molar-refractivity contribution in [1.82, 2.24) is 4.98 Å². The van der Waals surface area contributed by atoms with Gasteiger partial charge in [0.2, 0.25) is 10.0 Å². The molecule has 0 radical (unpaired) electrons. The highest BCUT2D eigenvalue weighted by Crippen LogP contribution is 2.19. The van der Waals surface area contributed by atoms with Gasteiger partial charge in [-0.05, 0) is 25.1 Å². The molecule has 1 heterocycles. The largest absolute Gasteiger partial charge is 0.381 e. The first-order chi connectivity index (χ1) is 9.44. The molecule has 5 nitrogen and oxygen atoms in total. The molecule has 1 atom stereocenters. The number of aromatic nitrogens is 1. The van der Waals surface area contributed by atoms with Crippen LogP contribution in [-0.2, 0) is 14.8 Å². The Morgan fingerprint density at radius 1 is 1.25 bits per heavy atom. The minimum atomic E-state index is -3.45. The molecule has 0 N–H and O–H groups in total. The molecule has 20 heavy (non-hydrogen) atoms. The Labute approximate surface area is 119 Å². The summed E-state index contributed by atoms with van der Waals surface area (Å²) in [6, 6.07) is 11.2. The molecule has 0 fully saturated rings. The number of anilines is 1. The van der Waals surface area contributed by atoms with E-state index in [0.717, 1.165) is 10.9 Å². The molecule has 0 amide bonds. The molecular formula is C14H18N2O3S. The van der Waals surface area contributed by atoms with E-state index >= 15 is 0 Å². The first-order valence-electron chi connectivity index (χ1n) is 6.29. The molecule has 0 aliphatic heterocycles. The van der Waals surface area contributed by atoms with Crippen molar-refractivity contribution >= 4 is 26.7 Å². The van der Waals surface area contributed by atoms with Gasteiger partial charge in [-0.1, -0.05) is 18.2 Å². The summed E-state index contributed by atoms with van der Waals surface area (Å²) >= 11 is 0. The Morgan fingerprint density at radius 2 is 1.95 bits per heavy atom. The third-order valence-electron chi connectivity index (χ3n) is 3.17. The van der Waals surface area contributed by atoms with Gasteiger partial charge >= 0.3 is 0 Å². The van der Waals surface area contributed by atoms with Crippen molar-refractivity contribution in [3.05, 3.63) is 36.4 Å². The van der Waals surface area contributed by atoms with Crippen LogP contribution < -0.4 is 4.31 Å². The van der Waals surface area contributed by atoms with Crippen LogP contribution in [0.15, 0.2) is 36.4 Å². The minimum Gasteiger partial charge on any atom is -0.381 e. The number of benzene rings is 1. The van der Waals surface area contributed by atoms with Crippen molar-refractivity contribution in [1.29, 1.82) is 0 Å². The average molecular weight is 294 g/mol. The van der Waals surface area contributed by atoms with Crippen molar-refractivity contribution in [3.8, 4) is 0 Å². The van der Waals surface area contributed by atoms with E-state index in [1.807, 2.05) is 30.3 Å². The summed E-state index contributed by atoms with van der Waals surface area (Å²) in [5.41, 5.74) is 0.770. The number of hydrogen-bond donors (Lipinski definition) is 0. The maximum absolute atomic E-state index is 12.2. The zero-order chi connectivity index (χ0) is 14.8. The van der Waals surface area contributed by atoms with Gasteiger partial charge in [-0.15, -0.1) is 0 Å². The molecule has 2 rings (SSSR count). The number of fused-ring (bicyclic) bond motifs is 1. The molecule has 0 unspecified atom stereocenters. The lowest BCUT2D eigenvalue weighted by Crippen LogP contribution is -2.34. The lowest BCUT2D eigenvalue weighted by Gasteiger charge is -2.20. The van der Waals surface area contributed by atoms with Gasteiger partial charge in [0.25, 0.3) is 0 Å². The number of pyridine rings is 1. The zero-order valence-corrected chi connectivity index (χ0v) is 12.6. The van der Waals surface area contributed by atoms with E-state index in [-0.39, 0.29) is 11.9 Å². The van der Waals surface area contributed by atoms with Gasteiger partial charge in [-0.2, -0.15) is 0 Å². The van der Waals surface area contributed by atoms with Crippen LogP contribution in [0.4, 0.5) is 5.82 Å². The Morgan fingerprint density at radius 3 is 2.65 bits per heavy atom. The van der Waals surface area contributed by atoms with Crippen LogP contribution in [0.2, 0.25) is 0 Å². The third-order valence-corrected chi connectivity index (χ3v) is 5.08. The summed E-state index contributed by atoms with van der Waals surface area (Å²) in [4.78, 5) is 4.38. The highest BCUT2D eigenvalue weighted by Gasteiger charge is 2.22. The van der Waals surface area contributed by atoms with Gasteiger partial charge in [0, 0.05) is 19.5 Å². The van der Waals surface area contributed by atoms with Crippen molar-refractivity contribution in [2.24, 2.45) is 0 Å². The van der Waals surface area contributed by atoms with Crippen LogP contribution in [0.25, 0.3) is 10.9 Å². The van der Waals surface area contributed by atoms with Gasteiger partial charge in [-0.25, -0.2) is 13.4 Å². The maximum atomic E-state index is 12.2. The standard InChI is InChI=1S/C14H18N2O3S/c1-11(19-3)10-20(17,18)16(2)14-9-8-12-6-4-5-7-13(12)15-14/h4-9,11H,10H2,1-3H3/t11-/m0/s1. The van der Waals surface area contributed by atoms with E-state index in [2.05, 4.69) is 4.98 Å². The summed E-state index contributed by atoms with van der Waals surface area (Å²) in [6.07, 6.45) is -0.358. The summed E-state index contributed by atoms with van der Waals surface area (Å²) in [6.45, 7) is 1.72. The molecule has 0 saturated heterocycles. The molecule has 1 aromatic heterocycles. The normalized spacial score (nSPS) is 13.3. The van der Waals surface area contributed by atoms with Gasteiger partial charge in [0.1, 0.15) is 5.82 Å². The molecule has 1 aromatic carbocycles. The topological polar surface area (TPSA) is 59.5 Å². The molecule has 6 heteroatoms. The predicted molar refractivity (Wildman–Crippen MR) is 80.4 cm³/mol. The summed E-state index contributed by atoms with van der Waals surface area (Å²) in [5, 5.41) is 0.979. The van der Waals surface area contributed by atoms with Crippen LogP contribution in [-0.4, -0.2) is 39.4 Å². The van der Waals surface area contributed by atoms with E-state index < -0.39 is 10.0 Å². The maximum Gasteiger partial charge on any atom is 0.238 e. The molecule has 0 saturated carbocycles. The number of nitrogens with zero attached hydrogens (tertiary/aromatic N) is 2. The zero-order valence-electron chi connectivity index (χ0n) is 11.8. The third kappa shape index (κ3) is 3.08. The first kappa shape index (κ1) is 14.7. The Balaban J connectivity index is 2.33. The molecule has 0 bridgehead atoms. The quantitative estimate of drug-likeness (QED) is 0.846. The lowest BCUT2D eigenvalue weighted by molar-refractivity contribution is 0.136. The van der Waals surface area contributed by atoms with Crippen molar-refractivity contribution < 1.29 is 13.2 Å². The first-order valence-corrected chi connectivity index (χ1v) is 7.90. The number of para-hydroxylation sites is 1. The SMILES string of the molecule is CO[C@@H](C)CS(=O)(=O)N(C)c1ccc2ccccc2n1. The lowest BCUT2D eigenvalue weighted by atomic mass is 10.2. The van der Waals surface area contributed by atoms with E-state index in [4.69, 9.17) is 4.74 Å². The van der Waals surface area contributed by atoms with Crippen molar-refractivity contribution in [3.63, 3.8) is 0 Å². The van der Waals surface area contributed by atoms with Gasteiger partial charge in [0.15, 0.2) is 0 Å². The van der Waals surface area contributed by atoms with Gasteiger partial charge in [0.05, 0.1) is 17.4 Å². The van der Waals surface area contributed by atoms with Crippen molar-refractivity contribution in [2.75, 3.05) is 24.2 Å². The number of rotatable bonds is 5. The Bertz CT molecular complexity index is 700. The predicted octanol–water partition coefficient (Wildman–Crippen LogP) is 2.04. The van der Waals surface area contributed by atoms with Crippen LogP contribution in [0.3, 0.4) is 0 Å². The Kier molecular flexibility index (Phi) is 4.25. The van der Waals surface area contributed by atoms with E-state index in [9.17, 15) is 8.42 Å². The van der Waals surface area contributed by atoms with Gasteiger partial charge < -0.3 is 4.74 Å². The van der Waals surface area contributed by atoms with Crippen LogP contribution in [0.5, 0.6) is 0 Å². The molecule has 108 valence electrons. The van der Waals surface area contributed by atoms with Crippen LogP contribution >= 0.6 is 0 Å². The fourth-order valence-corrected chi connectivity index (χ4v) is 3.19. The molecule has 0 aliphatic rings. The number of methoxy groups -OCH3 is 1. The van der Waals surface area contributed by atoms with E-state index in [1.54, 1.807) is 13.0 Å². The summed E-state index contributed by atoms with van der Waals surface area (Å²) in [5.74, 6) is 0.334. The second-order valence-corrected chi connectivity index (χ2v) is 6.70. The molecule has 0 spiro atoms. The van der Waals surface area contributed by atoms with Crippen molar-refractivity contribution in [2.45, 2.75) is 13.0 Å². The average Bonchev–Trinajstić information content (AvgIpc) is 2.45.